The van der Waals surface area contributed by atoms with E-state index in [0.29, 0.717) is 5.69 Å². The molecule has 0 saturated carbocycles. The minimum atomic E-state index is -0.166. The van der Waals surface area contributed by atoms with Crippen LogP contribution in [0.5, 0.6) is 0 Å². The van der Waals surface area contributed by atoms with E-state index in [0.717, 1.165) is 21.4 Å². The molecule has 0 aliphatic rings. The minimum Gasteiger partial charge on any atom is -0.355 e. The number of nitrogens with one attached hydrogen (secondary N) is 2. The second-order valence-electron chi connectivity index (χ2n) is 5.15. The van der Waals surface area contributed by atoms with E-state index in [1.54, 1.807) is 12.3 Å². The lowest BCUT2D eigenvalue weighted by Gasteiger charge is -2.11. The predicted molar refractivity (Wildman–Crippen MR) is 89.0 cm³/mol. The molecule has 1 heterocycles. The molecular formula is C16H18BrN3O. The zero-order valence-electron chi connectivity index (χ0n) is 12.3. The highest BCUT2D eigenvalue weighted by Gasteiger charge is 2.09. The minimum absolute atomic E-state index is 0.0880. The van der Waals surface area contributed by atoms with E-state index < -0.39 is 0 Å². The van der Waals surface area contributed by atoms with Gasteiger partial charge in [0.1, 0.15) is 5.69 Å². The number of anilines is 2. The molecule has 0 saturated heterocycles. The highest BCUT2D eigenvalue weighted by molar-refractivity contribution is 9.10. The van der Waals surface area contributed by atoms with Crippen LogP contribution in [0.3, 0.4) is 0 Å². The molecule has 4 nitrogen and oxygen atoms in total. The Hall–Kier alpha value is -1.88. The number of hydrogen-bond donors (Lipinski definition) is 2. The van der Waals surface area contributed by atoms with Crippen molar-refractivity contribution in [3.8, 4) is 0 Å². The van der Waals surface area contributed by atoms with Crippen molar-refractivity contribution >= 4 is 33.2 Å². The molecule has 21 heavy (non-hydrogen) atoms. The lowest BCUT2D eigenvalue weighted by molar-refractivity contribution is 0.0938. The summed E-state index contributed by atoms with van der Waals surface area (Å²) in [5.74, 6) is -0.166. The number of aromatic nitrogens is 1. The number of carbonyl (C=O) groups excluding carboxylic acids is 1. The zero-order valence-corrected chi connectivity index (χ0v) is 13.9. The molecule has 2 rings (SSSR count). The fourth-order valence-corrected chi connectivity index (χ4v) is 2.10. The van der Waals surface area contributed by atoms with Crippen molar-refractivity contribution in [1.82, 2.24) is 10.3 Å². The zero-order chi connectivity index (χ0) is 15.4. The molecule has 0 radical (unpaired) electrons. The molecule has 0 fully saturated rings. The van der Waals surface area contributed by atoms with Crippen molar-refractivity contribution in [3.63, 3.8) is 0 Å². The van der Waals surface area contributed by atoms with Gasteiger partial charge >= 0.3 is 0 Å². The van der Waals surface area contributed by atoms with Crippen molar-refractivity contribution in [2.75, 3.05) is 5.32 Å². The van der Waals surface area contributed by atoms with Crippen LogP contribution in [0.15, 0.2) is 41.0 Å². The summed E-state index contributed by atoms with van der Waals surface area (Å²) >= 11 is 3.48. The highest BCUT2D eigenvalue weighted by atomic mass is 79.9. The van der Waals surface area contributed by atoms with Crippen LogP contribution in [0.1, 0.15) is 29.9 Å². The van der Waals surface area contributed by atoms with Gasteiger partial charge in [-0.05, 0) is 56.7 Å². The van der Waals surface area contributed by atoms with Crippen molar-refractivity contribution < 1.29 is 4.79 Å². The summed E-state index contributed by atoms with van der Waals surface area (Å²) in [6.07, 6.45) is 1.63. The lowest BCUT2D eigenvalue weighted by Crippen LogP contribution is -2.30. The number of amides is 1. The standard InChI is InChI=1S/C16H18BrN3O/c1-10(2)19-16(21)15-9-13(6-7-18-15)20-12-4-5-14(17)11(3)8-12/h4-10H,1-3H3,(H,18,20)(H,19,21). The average Bonchev–Trinajstić information content (AvgIpc) is 2.42. The maximum Gasteiger partial charge on any atom is 0.270 e. The van der Waals surface area contributed by atoms with Crippen molar-refractivity contribution in [2.45, 2.75) is 26.8 Å². The molecule has 5 heteroatoms. The monoisotopic (exact) mass is 347 g/mol. The van der Waals surface area contributed by atoms with Crippen molar-refractivity contribution in [3.05, 3.63) is 52.3 Å². The molecule has 110 valence electrons. The first-order chi connectivity index (χ1) is 9.95. The van der Waals surface area contributed by atoms with E-state index in [1.165, 1.54) is 0 Å². The summed E-state index contributed by atoms with van der Waals surface area (Å²) in [4.78, 5) is 16.1. The fourth-order valence-electron chi connectivity index (χ4n) is 1.86. The number of halogens is 1. The molecule has 2 N–H and O–H groups in total. The number of rotatable bonds is 4. The number of benzene rings is 1. The van der Waals surface area contributed by atoms with Crippen LogP contribution in [0, 0.1) is 6.92 Å². The average molecular weight is 348 g/mol. The third-order valence-electron chi connectivity index (χ3n) is 2.86. The predicted octanol–water partition coefficient (Wildman–Crippen LogP) is 4.03. The summed E-state index contributed by atoms with van der Waals surface area (Å²) < 4.78 is 1.07. The maximum absolute atomic E-state index is 12.0. The second-order valence-corrected chi connectivity index (χ2v) is 6.00. The molecular weight excluding hydrogens is 330 g/mol. The molecule has 0 bridgehead atoms. The van der Waals surface area contributed by atoms with Gasteiger partial charge in [-0.3, -0.25) is 9.78 Å². The third-order valence-corrected chi connectivity index (χ3v) is 3.75. The number of aryl methyl sites for hydroxylation is 1. The summed E-state index contributed by atoms with van der Waals surface area (Å²) in [6.45, 7) is 5.87. The third kappa shape index (κ3) is 4.29. The van der Waals surface area contributed by atoms with Gasteiger partial charge in [-0.2, -0.15) is 0 Å². The summed E-state index contributed by atoms with van der Waals surface area (Å²) in [5.41, 5.74) is 3.35. The molecule has 0 unspecified atom stereocenters. The second kappa shape index (κ2) is 6.72. The molecule has 2 aromatic rings. The maximum atomic E-state index is 12.0. The van der Waals surface area contributed by atoms with Gasteiger partial charge < -0.3 is 10.6 Å². The van der Waals surface area contributed by atoms with E-state index in [2.05, 4.69) is 31.5 Å². The van der Waals surface area contributed by atoms with Gasteiger partial charge in [-0.25, -0.2) is 0 Å². The normalized spacial score (nSPS) is 10.5. The van der Waals surface area contributed by atoms with Gasteiger partial charge in [-0.15, -0.1) is 0 Å². The Morgan fingerprint density at radius 2 is 1.90 bits per heavy atom. The lowest BCUT2D eigenvalue weighted by atomic mass is 10.2. The molecule has 0 spiro atoms. The number of nitrogens with zero attached hydrogens (tertiary/aromatic N) is 1. The quantitative estimate of drug-likeness (QED) is 0.877. The number of carbonyl (C=O) groups is 1. The Morgan fingerprint density at radius 1 is 1.19 bits per heavy atom. The van der Waals surface area contributed by atoms with E-state index in [1.807, 2.05) is 45.0 Å². The Bertz CT molecular complexity index is 656. The molecule has 0 aliphatic carbocycles. The number of hydrogen-bond acceptors (Lipinski definition) is 3. The van der Waals surface area contributed by atoms with Crippen LogP contribution in [0.4, 0.5) is 11.4 Å². The van der Waals surface area contributed by atoms with E-state index in [4.69, 9.17) is 0 Å². The summed E-state index contributed by atoms with van der Waals surface area (Å²) in [5, 5.41) is 6.11. The first kappa shape index (κ1) is 15.5. The van der Waals surface area contributed by atoms with Gasteiger partial charge in [0.25, 0.3) is 5.91 Å². The Kier molecular flexibility index (Phi) is 4.96. The molecule has 0 aliphatic heterocycles. The smallest absolute Gasteiger partial charge is 0.270 e. The van der Waals surface area contributed by atoms with E-state index >= 15 is 0 Å². The van der Waals surface area contributed by atoms with Crippen molar-refractivity contribution in [1.29, 1.82) is 0 Å². The van der Waals surface area contributed by atoms with Crippen LogP contribution >= 0.6 is 15.9 Å². The van der Waals surface area contributed by atoms with Gasteiger partial charge in [-0.1, -0.05) is 15.9 Å². The topological polar surface area (TPSA) is 54.0 Å². The first-order valence-electron chi connectivity index (χ1n) is 6.76. The van der Waals surface area contributed by atoms with Crippen LogP contribution < -0.4 is 10.6 Å². The molecule has 1 amide bonds. The highest BCUT2D eigenvalue weighted by Crippen LogP contribution is 2.23. The largest absolute Gasteiger partial charge is 0.355 e. The van der Waals surface area contributed by atoms with Crippen molar-refractivity contribution in [2.24, 2.45) is 0 Å². The van der Waals surface area contributed by atoms with Crippen LogP contribution in [-0.4, -0.2) is 16.9 Å². The van der Waals surface area contributed by atoms with E-state index in [9.17, 15) is 4.79 Å². The first-order valence-corrected chi connectivity index (χ1v) is 7.55. The van der Waals surface area contributed by atoms with Crippen LogP contribution in [0.25, 0.3) is 0 Å². The SMILES string of the molecule is Cc1cc(Nc2ccnc(C(=O)NC(C)C)c2)ccc1Br. The van der Waals surface area contributed by atoms with Gasteiger partial charge in [0.2, 0.25) is 0 Å². The Balaban J connectivity index is 2.17. The van der Waals surface area contributed by atoms with E-state index in [-0.39, 0.29) is 11.9 Å². The van der Waals surface area contributed by atoms with Crippen LogP contribution in [0.2, 0.25) is 0 Å². The molecule has 0 atom stereocenters. The van der Waals surface area contributed by atoms with Gasteiger partial charge in [0.05, 0.1) is 0 Å². The molecule has 1 aromatic heterocycles. The Morgan fingerprint density at radius 3 is 2.57 bits per heavy atom. The fraction of sp³-hybridized carbons (Fsp3) is 0.250. The number of pyridine rings is 1. The summed E-state index contributed by atoms with van der Waals surface area (Å²) in [7, 11) is 0. The summed E-state index contributed by atoms with van der Waals surface area (Å²) in [6, 6.07) is 9.68. The van der Waals surface area contributed by atoms with Gasteiger partial charge in [0, 0.05) is 28.1 Å². The molecule has 1 aromatic carbocycles. The van der Waals surface area contributed by atoms with Gasteiger partial charge in [0.15, 0.2) is 0 Å². The van der Waals surface area contributed by atoms with Crippen LogP contribution in [-0.2, 0) is 0 Å². The Labute approximate surface area is 133 Å².